The molecule has 4 nitrogen and oxygen atoms in total. The SMILES string of the molecule is O=C(O)NC(CC1CO1)c1ccccc1. The van der Waals surface area contributed by atoms with Gasteiger partial charge in [-0.25, -0.2) is 4.79 Å². The summed E-state index contributed by atoms with van der Waals surface area (Å²) < 4.78 is 5.11. The summed E-state index contributed by atoms with van der Waals surface area (Å²) in [5.41, 5.74) is 0.982. The molecule has 0 bridgehead atoms. The van der Waals surface area contributed by atoms with Crippen LogP contribution in [-0.4, -0.2) is 23.9 Å². The molecule has 1 aromatic rings. The van der Waals surface area contributed by atoms with Gasteiger partial charge in [0.1, 0.15) is 0 Å². The molecule has 0 spiro atoms. The molecule has 1 saturated heterocycles. The Morgan fingerprint density at radius 2 is 2.20 bits per heavy atom. The smallest absolute Gasteiger partial charge is 0.405 e. The van der Waals surface area contributed by atoms with Gasteiger partial charge in [0.05, 0.1) is 18.8 Å². The second-order valence-corrected chi connectivity index (χ2v) is 3.60. The molecule has 0 aromatic heterocycles. The first-order chi connectivity index (χ1) is 7.25. The topological polar surface area (TPSA) is 61.9 Å². The van der Waals surface area contributed by atoms with Gasteiger partial charge in [-0.2, -0.15) is 0 Å². The third kappa shape index (κ3) is 2.95. The lowest BCUT2D eigenvalue weighted by Gasteiger charge is -2.15. The quantitative estimate of drug-likeness (QED) is 0.740. The maximum absolute atomic E-state index is 10.6. The second kappa shape index (κ2) is 4.31. The van der Waals surface area contributed by atoms with Crippen molar-refractivity contribution in [2.24, 2.45) is 0 Å². The van der Waals surface area contributed by atoms with E-state index in [9.17, 15) is 4.79 Å². The van der Waals surface area contributed by atoms with E-state index in [-0.39, 0.29) is 12.1 Å². The number of nitrogens with one attached hydrogen (secondary N) is 1. The van der Waals surface area contributed by atoms with Gasteiger partial charge in [-0.05, 0) is 5.56 Å². The first-order valence-corrected chi connectivity index (χ1v) is 4.91. The lowest BCUT2D eigenvalue weighted by Crippen LogP contribution is -2.27. The summed E-state index contributed by atoms with van der Waals surface area (Å²) in [5, 5.41) is 11.2. The Labute approximate surface area is 87.9 Å². The maximum atomic E-state index is 10.6. The summed E-state index contributed by atoms with van der Waals surface area (Å²) in [6.07, 6.45) is -0.0809. The highest BCUT2D eigenvalue weighted by Crippen LogP contribution is 2.25. The first kappa shape index (κ1) is 9.98. The molecule has 80 valence electrons. The molecule has 0 saturated carbocycles. The molecule has 1 amide bonds. The van der Waals surface area contributed by atoms with Crippen molar-refractivity contribution in [3.05, 3.63) is 35.9 Å². The molecule has 1 aliphatic heterocycles. The van der Waals surface area contributed by atoms with Gasteiger partial charge in [-0.3, -0.25) is 0 Å². The molecule has 1 heterocycles. The van der Waals surface area contributed by atoms with Crippen molar-refractivity contribution in [3.8, 4) is 0 Å². The van der Waals surface area contributed by atoms with Crippen LogP contribution in [0.4, 0.5) is 4.79 Å². The van der Waals surface area contributed by atoms with E-state index in [2.05, 4.69) is 5.32 Å². The van der Waals surface area contributed by atoms with Crippen LogP contribution < -0.4 is 5.32 Å². The van der Waals surface area contributed by atoms with Crippen LogP contribution >= 0.6 is 0 Å². The number of carboxylic acid groups (broad SMARTS) is 1. The van der Waals surface area contributed by atoms with Crippen LogP contribution in [-0.2, 0) is 4.74 Å². The number of carbonyl (C=O) groups is 1. The number of epoxide rings is 1. The molecule has 0 radical (unpaired) electrons. The Bertz CT molecular complexity index is 335. The van der Waals surface area contributed by atoms with Crippen LogP contribution in [0, 0.1) is 0 Å². The average Bonchev–Trinajstić information content (AvgIpc) is 3.01. The van der Waals surface area contributed by atoms with E-state index in [1.54, 1.807) is 0 Å². The summed E-state index contributed by atoms with van der Waals surface area (Å²) in [6, 6.07) is 9.39. The van der Waals surface area contributed by atoms with E-state index in [4.69, 9.17) is 9.84 Å². The van der Waals surface area contributed by atoms with Crippen LogP contribution in [0.2, 0.25) is 0 Å². The molecule has 4 heteroatoms. The van der Waals surface area contributed by atoms with Gasteiger partial charge in [0.15, 0.2) is 0 Å². The average molecular weight is 207 g/mol. The molecule has 2 N–H and O–H groups in total. The van der Waals surface area contributed by atoms with Crippen LogP contribution in [0.5, 0.6) is 0 Å². The normalized spacial score (nSPS) is 20.7. The summed E-state index contributed by atoms with van der Waals surface area (Å²) in [6.45, 7) is 0.741. The molecule has 2 rings (SSSR count). The third-order valence-electron chi connectivity index (χ3n) is 2.40. The van der Waals surface area contributed by atoms with Crippen molar-refractivity contribution in [1.82, 2.24) is 5.32 Å². The van der Waals surface area contributed by atoms with Crippen molar-refractivity contribution in [1.29, 1.82) is 0 Å². The van der Waals surface area contributed by atoms with Gasteiger partial charge < -0.3 is 15.2 Å². The zero-order chi connectivity index (χ0) is 10.7. The number of amides is 1. The predicted octanol–water partition coefficient (Wildman–Crippen LogP) is 1.78. The van der Waals surface area contributed by atoms with Crippen LogP contribution in [0.15, 0.2) is 30.3 Å². The zero-order valence-electron chi connectivity index (χ0n) is 8.22. The van der Waals surface area contributed by atoms with Crippen molar-refractivity contribution in [2.75, 3.05) is 6.61 Å². The Morgan fingerprint density at radius 3 is 2.73 bits per heavy atom. The Morgan fingerprint density at radius 1 is 1.53 bits per heavy atom. The molecule has 1 aliphatic rings. The molecule has 2 unspecified atom stereocenters. The fraction of sp³-hybridized carbons (Fsp3) is 0.364. The minimum absolute atomic E-state index is 0.170. The highest BCUT2D eigenvalue weighted by Gasteiger charge is 2.28. The van der Waals surface area contributed by atoms with Gasteiger partial charge in [0.25, 0.3) is 0 Å². The Balaban J connectivity index is 2.06. The van der Waals surface area contributed by atoms with E-state index in [0.717, 1.165) is 12.2 Å². The monoisotopic (exact) mass is 207 g/mol. The summed E-state index contributed by atoms with van der Waals surface area (Å²) in [4.78, 5) is 10.6. The fourth-order valence-corrected chi connectivity index (χ4v) is 1.58. The van der Waals surface area contributed by atoms with Gasteiger partial charge in [0, 0.05) is 6.42 Å². The minimum atomic E-state index is -0.996. The molecule has 0 aliphatic carbocycles. The third-order valence-corrected chi connectivity index (χ3v) is 2.40. The lowest BCUT2D eigenvalue weighted by molar-refractivity contribution is 0.188. The van der Waals surface area contributed by atoms with E-state index in [1.807, 2.05) is 30.3 Å². The van der Waals surface area contributed by atoms with Crippen molar-refractivity contribution in [2.45, 2.75) is 18.6 Å². The lowest BCUT2D eigenvalue weighted by atomic mass is 10.0. The molecule has 1 aromatic carbocycles. The van der Waals surface area contributed by atoms with E-state index in [0.29, 0.717) is 6.42 Å². The number of rotatable bonds is 4. The van der Waals surface area contributed by atoms with Gasteiger partial charge >= 0.3 is 6.09 Å². The van der Waals surface area contributed by atoms with Crippen LogP contribution in [0.3, 0.4) is 0 Å². The van der Waals surface area contributed by atoms with E-state index >= 15 is 0 Å². The molecule has 1 fully saturated rings. The maximum Gasteiger partial charge on any atom is 0.405 e. The van der Waals surface area contributed by atoms with E-state index in [1.165, 1.54) is 0 Å². The van der Waals surface area contributed by atoms with Crippen molar-refractivity contribution < 1.29 is 14.6 Å². The minimum Gasteiger partial charge on any atom is -0.465 e. The number of hydrogen-bond donors (Lipinski definition) is 2. The zero-order valence-corrected chi connectivity index (χ0v) is 8.22. The largest absolute Gasteiger partial charge is 0.465 e. The number of hydrogen-bond acceptors (Lipinski definition) is 2. The molecule has 15 heavy (non-hydrogen) atoms. The predicted molar refractivity (Wildman–Crippen MR) is 54.7 cm³/mol. The summed E-state index contributed by atoms with van der Waals surface area (Å²) in [7, 11) is 0. The summed E-state index contributed by atoms with van der Waals surface area (Å²) >= 11 is 0. The molecular weight excluding hydrogens is 194 g/mol. The highest BCUT2D eigenvalue weighted by atomic mass is 16.6. The van der Waals surface area contributed by atoms with Crippen molar-refractivity contribution in [3.63, 3.8) is 0 Å². The van der Waals surface area contributed by atoms with Crippen LogP contribution in [0.25, 0.3) is 0 Å². The number of ether oxygens (including phenoxy) is 1. The fourth-order valence-electron chi connectivity index (χ4n) is 1.58. The first-order valence-electron chi connectivity index (χ1n) is 4.91. The highest BCUT2D eigenvalue weighted by molar-refractivity contribution is 5.65. The van der Waals surface area contributed by atoms with E-state index < -0.39 is 6.09 Å². The van der Waals surface area contributed by atoms with Gasteiger partial charge in [0.2, 0.25) is 0 Å². The van der Waals surface area contributed by atoms with Gasteiger partial charge in [-0.15, -0.1) is 0 Å². The Hall–Kier alpha value is -1.55. The van der Waals surface area contributed by atoms with Gasteiger partial charge in [-0.1, -0.05) is 30.3 Å². The summed E-state index contributed by atoms with van der Waals surface area (Å²) in [5.74, 6) is 0. The second-order valence-electron chi connectivity index (χ2n) is 3.60. The molecular formula is C11H13NO3. The van der Waals surface area contributed by atoms with Crippen LogP contribution in [0.1, 0.15) is 18.0 Å². The standard InChI is InChI=1S/C11H13NO3/c13-11(14)12-10(6-9-7-15-9)8-4-2-1-3-5-8/h1-5,9-10,12H,6-7H2,(H,13,14). The molecule has 2 atom stereocenters. The number of benzene rings is 1. The van der Waals surface area contributed by atoms with Crippen molar-refractivity contribution >= 4 is 6.09 Å². The Kier molecular flexibility index (Phi) is 2.87.